The van der Waals surface area contributed by atoms with Crippen molar-refractivity contribution in [3.05, 3.63) is 58.1 Å². The fraction of sp³-hybridized carbons (Fsp3) is 0.559. The molecule has 0 heterocycles. The van der Waals surface area contributed by atoms with Crippen molar-refractivity contribution in [1.82, 2.24) is 10.6 Å². The van der Waals surface area contributed by atoms with E-state index >= 15 is 0 Å². The highest BCUT2D eigenvalue weighted by atomic mass is 35.5. The lowest BCUT2D eigenvalue weighted by Crippen LogP contribution is -2.54. The Bertz CT molecular complexity index is 1200. The summed E-state index contributed by atoms with van der Waals surface area (Å²) in [6, 6.07) is 12.8. The Balaban J connectivity index is 2.32. The lowest BCUT2D eigenvalue weighted by atomic mass is 9.83. The van der Waals surface area contributed by atoms with Crippen LogP contribution < -0.4 is 10.6 Å². The monoisotopic (exact) mass is 618 g/mol. The molecule has 6 nitrogen and oxygen atoms in total. The molecule has 0 spiro atoms. The Morgan fingerprint density at radius 1 is 0.881 bits per heavy atom. The summed E-state index contributed by atoms with van der Waals surface area (Å²) in [5, 5.41) is 6.84. The molecule has 2 aromatic rings. The Kier molecular flexibility index (Phi) is 13.4. The molecule has 3 atom stereocenters. The summed E-state index contributed by atoms with van der Waals surface area (Å²) in [5.41, 5.74) is 1.81. The van der Waals surface area contributed by atoms with E-state index in [0.717, 1.165) is 29.5 Å². The van der Waals surface area contributed by atoms with Gasteiger partial charge in [-0.05, 0) is 75.1 Å². The zero-order valence-corrected chi connectivity index (χ0v) is 27.9. The second-order valence-electron chi connectivity index (χ2n) is 13.1. The van der Waals surface area contributed by atoms with Gasteiger partial charge in [-0.1, -0.05) is 94.1 Å². The minimum absolute atomic E-state index is 0.229. The molecule has 0 bridgehead atoms. The van der Waals surface area contributed by atoms with Crippen LogP contribution in [0.5, 0.6) is 0 Å². The first-order valence-electron chi connectivity index (χ1n) is 14.8. The Morgan fingerprint density at radius 3 is 2.05 bits per heavy atom. The van der Waals surface area contributed by atoms with Crippen LogP contribution in [-0.4, -0.2) is 36.5 Å². The quantitative estimate of drug-likeness (QED) is 0.223. The van der Waals surface area contributed by atoms with Crippen molar-refractivity contribution in [2.75, 3.05) is 7.05 Å². The second-order valence-corrected chi connectivity index (χ2v) is 13.9. The Morgan fingerprint density at radius 2 is 1.52 bits per heavy atom. The van der Waals surface area contributed by atoms with Gasteiger partial charge in [-0.2, -0.15) is 0 Å². The number of unbranched alkanes of at least 4 members (excludes halogenated alkanes) is 1. The SMILES string of the molecule is CCCC[C@@H](C[C@@H](CCc1ccc(-c2ccc(Cl)cc2Cl)cc1)C(=O)N[C@H](C(=O)NC)C(C)(C)C)C(=O)OC(C)(C)C. The van der Waals surface area contributed by atoms with Crippen molar-refractivity contribution in [2.45, 2.75) is 98.6 Å². The predicted octanol–water partition coefficient (Wildman–Crippen LogP) is 8.02. The third kappa shape index (κ3) is 11.3. The summed E-state index contributed by atoms with van der Waals surface area (Å²) >= 11 is 12.5. The number of benzene rings is 2. The molecule has 0 fully saturated rings. The lowest BCUT2D eigenvalue weighted by molar-refractivity contribution is -0.161. The van der Waals surface area contributed by atoms with Gasteiger partial charge >= 0.3 is 5.97 Å². The van der Waals surface area contributed by atoms with E-state index in [-0.39, 0.29) is 17.8 Å². The normalized spacial score (nSPS) is 14.0. The third-order valence-corrected chi connectivity index (χ3v) is 7.77. The molecule has 0 aliphatic carbocycles. The summed E-state index contributed by atoms with van der Waals surface area (Å²) in [7, 11) is 1.56. The maximum atomic E-state index is 13.8. The second kappa shape index (κ2) is 15.8. The van der Waals surface area contributed by atoms with Crippen molar-refractivity contribution >= 4 is 41.0 Å². The van der Waals surface area contributed by atoms with Crippen molar-refractivity contribution < 1.29 is 19.1 Å². The topological polar surface area (TPSA) is 84.5 Å². The van der Waals surface area contributed by atoms with E-state index in [1.165, 1.54) is 0 Å². The van der Waals surface area contributed by atoms with Crippen LogP contribution in [0, 0.1) is 17.3 Å². The zero-order chi connectivity index (χ0) is 31.7. The summed E-state index contributed by atoms with van der Waals surface area (Å²) in [5.74, 6) is -1.66. The van der Waals surface area contributed by atoms with Crippen molar-refractivity contribution in [3.8, 4) is 11.1 Å². The predicted molar refractivity (Wildman–Crippen MR) is 173 cm³/mol. The van der Waals surface area contributed by atoms with E-state index in [2.05, 4.69) is 17.6 Å². The van der Waals surface area contributed by atoms with Gasteiger partial charge in [0.2, 0.25) is 11.8 Å². The van der Waals surface area contributed by atoms with Crippen LogP contribution in [0.15, 0.2) is 42.5 Å². The first-order valence-corrected chi connectivity index (χ1v) is 15.6. The molecule has 0 aliphatic heterocycles. The molecule has 0 saturated carbocycles. The molecule has 2 N–H and O–H groups in total. The van der Waals surface area contributed by atoms with Gasteiger partial charge < -0.3 is 15.4 Å². The largest absolute Gasteiger partial charge is 0.460 e. The number of carbonyl (C=O) groups is 3. The number of likely N-dealkylation sites (N-methyl/N-ethyl adjacent to an activating group) is 1. The van der Waals surface area contributed by atoms with Crippen LogP contribution in [0.1, 0.15) is 86.1 Å². The number of aryl methyl sites for hydroxylation is 1. The number of nitrogens with one attached hydrogen (secondary N) is 2. The minimum Gasteiger partial charge on any atom is -0.460 e. The Hall–Kier alpha value is -2.57. The number of ether oxygens (including phenoxy) is 1. The van der Waals surface area contributed by atoms with Crippen molar-refractivity contribution in [3.63, 3.8) is 0 Å². The number of hydrogen-bond acceptors (Lipinski definition) is 4. The fourth-order valence-corrected chi connectivity index (χ4v) is 5.38. The van der Waals surface area contributed by atoms with E-state index in [0.29, 0.717) is 35.7 Å². The molecule has 42 heavy (non-hydrogen) atoms. The van der Waals surface area contributed by atoms with Crippen LogP contribution in [0.2, 0.25) is 10.0 Å². The minimum atomic E-state index is -0.712. The van der Waals surface area contributed by atoms with E-state index in [9.17, 15) is 14.4 Å². The molecular formula is C34H48Cl2N2O4. The van der Waals surface area contributed by atoms with Gasteiger partial charge in [0.25, 0.3) is 0 Å². The molecule has 0 saturated heterocycles. The van der Waals surface area contributed by atoms with Gasteiger partial charge in [0.15, 0.2) is 0 Å². The van der Waals surface area contributed by atoms with Gasteiger partial charge in [0.05, 0.1) is 5.92 Å². The van der Waals surface area contributed by atoms with Gasteiger partial charge in [-0.25, -0.2) is 0 Å². The molecule has 2 aromatic carbocycles. The maximum absolute atomic E-state index is 13.8. The first kappa shape index (κ1) is 35.6. The van der Waals surface area contributed by atoms with Crippen LogP contribution in [0.4, 0.5) is 0 Å². The van der Waals surface area contributed by atoms with Crippen molar-refractivity contribution in [2.24, 2.45) is 17.3 Å². The fourth-order valence-electron chi connectivity index (χ4n) is 4.86. The molecule has 2 amide bonds. The molecule has 2 rings (SSSR count). The van der Waals surface area contributed by atoms with E-state index < -0.39 is 28.9 Å². The number of carbonyl (C=O) groups excluding carboxylic acids is 3. The van der Waals surface area contributed by atoms with Crippen LogP contribution >= 0.6 is 23.2 Å². The molecule has 0 aromatic heterocycles. The highest BCUT2D eigenvalue weighted by Crippen LogP contribution is 2.31. The maximum Gasteiger partial charge on any atom is 0.309 e. The molecular weight excluding hydrogens is 571 g/mol. The molecule has 0 aliphatic rings. The number of halogens is 2. The van der Waals surface area contributed by atoms with E-state index in [1.54, 1.807) is 13.1 Å². The standard InChI is InChI=1S/C34H48Cl2N2O4/c1-9-10-11-25(32(41)42-34(5,6)7)20-24(30(39)38-29(31(40)37-8)33(2,3)4)17-14-22-12-15-23(16-13-22)27-19-18-26(35)21-28(27)36/h12-13,15-16,18-19,21,24-25,29H,9-11,14,17,20H2,1-8H3,(H,37,40)(H,38,39)/t24-,25+,29-/m1/s1. The number of hydrogen-bond donors (Lipinski definition) is 2. The first-order chi connectivity index (χ1) is 19.6. The van der Waals surface area contributed by atoms with Gasteiger partial charge in [-0.3, -0.25) is 14.4 Å². The summed E-state index contributed by atoms with van der Waals surface area (Å²) in [4.78, 5) is 39.7. The molecule has 0 unspecified atom stereocenters. The molecule has 232 valence electrons. The molecule has 8 heteroatoms. The van der Waals surface area contributed by atoms with Gasteiger partial charge in [-0.15, -0.1) is 0 Å². The summed E-state index contributed by atoms with van der Waals surface area (Å²) < 4.78 is 5.75. The highest BCUT2D eigenvalue weighted by molar-refractivity contribution is 6.36. The zero-order valence-electron chi connectivity index (χ0n) is 26.4. The average molecular weight is 620 g/mol. The number of rotatable bonds is 13. The average Bonchev–Trinajstić information content (AvgIpc) is 2.89. The smallest absolute Gasteiger partial charge is 0.309 e. The van der Waals surface area contributed by atoms with Gasteiger partial charge in [0.1, 0.15) is 11.6 Å². The van der Waals surface area contributed by atoms with Crippen LogP contribution in [-0.2, 0) is 25.5 Å². The van der Waals surface area contributed by atoms with E-state index in [1.807, 2.05) is 77.9 Å². The van der Waals surface area contributed by atoms with Crippen molar-refractivity contribution in [1.29, 1.82) is 0 Å². The number of esters is 1. The summed E-state index contributed by atoms with van der Waals surface area (Å²) in [6.45, 7) is 13.4. The third-order valence-electron chi connectivity index (χ3n) is 7.22. The van der Waals surface area contributed by atoms with Crippen LogP contribution in [0.25, 0.3) is 11.1 Å². The van der Waals surface area contributed by atoms with Crippen LogP contribution in [0.3, 0.4) is 0 Å². The van der Waals surface area contributed by atoms with Gasteiger partial charge in [0, 0.05) is 28.6 Å². The van der Waals surface area contributed by atoms with E-state index in [4.69, 9.17) is 27.9 Å². The number of amides is 2. The summed E-state index contributed by atoms with van der Waals surface area (Å²) in [6.07, 6.45) is 3.93. The highest BCUT2D eigenvalue weighted by Gasteiger charge is 2.36. The molecule has 0 radical (unpaired) electrons. The Labute approximate surface area is 262 Å². The lowest BCUT2D eigenvalue weighted by Gasteiger charge is -2.32.